The third-order valence-corrected chi connectivity index (χ3v) is 5.86. The van der Waals surface area contributed by atoms with Crippen molar-refractivity contribution in [2.24, 2.45) is 0 Å². The number of amides is 1. The second-order valence-electron chi connectivity index (χ2n) is 6.38. The van der Waals surface area contributed by atoms with Crippen LogP contribution in [0.15, 0.2) is 78.9 Å². The number of benzene rings is 3. The average molecular weight is 414 g/mol. The van der Waals surface area contributed by atoms with Crippen LogP contribution in [0.3, 0.4) is 0 Å². The number of rotatable bonds is 8. The van der Waals surface area contributed by atoms with Crippen molar-refractivity contribution in [1.82, 2.24) is 5.32 Å². The van der Waals surface area contributed by atoms with Gasteiger partial charge in [-0.05, 0) is 47.4 Å². The minimum atomic E-state index is -0.252. The summed E-state index contributed by atoms with van der Waals surface area (Å²) < 4.78 is 12.9. The summed E-state index contributed by atoms with van der Waals surface area (Å²) in [6.45, 7) is 0.530. The molecule has 3 rings (SSSR count). The second kappa shape index (κ2) is 10.3. The van der Waals surface area contributed by atoms with E-state index in [9.17, 15) is 9.18 Å². The monoisotopic (exact) mass is 413 g/mol. The molecule has 3 aromatic rings. The van der Waals surface area contributed by atoms with Gasteiger partial charge in [0.1, 0.15) is 5.82 Å². The lowest BCUT2D eigenvalue weighted by Gasteiger charge is -2.18. The van der Waals surface area contributed by atoms with Crippen LogP contribution in [0.5, 0.6) is 0 Å². The second-order valence-corrected chi connectivity index (χ2v) is 7.91. The molecule has 28 heavy (non-hydrogen) atoms. The Morgan fingerprint density at radius 2 is 1.57 bits per heavy atom. The third kappa shape index (κ3) is 6.11. The fraction of sp³-hybridized carbons (Fsp3) is 0.174. The largest absolute Gasteiger partial charge is 0.355 e. The Balaban J connectivity index is 1.56. The Kier molecular flexibility index (Phi) is 7.52. The van der Waals surface area contributed by atoms with Gasteiger partial charge in [-0.1, -0.05) is 66.2 Å². The number of hydrogen-bond donors (Lipinski definition) is 1. The molecule has 0 aliphatic rings. The zero-order valence-corrected chi connectivity index (χ0v) is 16.8. The standard InChI is InChI=1S/C23H21ClFNOS/c24-20-10-8-19(9-11-20)23(18-4-2-1-3-5-18)28-16-22(27)26-15-14-17-6-12-21(25)13-7-17/h1-13,23H,14-16H2,(H,26,27)/t23-/m1/s1. The lowest BCUT2D eigenvalue weighted by molar-refractivity contribution is -0.118. The van der Waals surface area contributed by atoms with Crippen LogP contribution < -0.4 is 5.32 Å². The van der Waals surface area contributed by atoms with E-state index in [1.165, 1.54) is 12.1 Å². The fourth-order valence-corrected chi connectivity index (χ4v) is 4.10. The van der Waals surface area contributed by atoms with Gasteiger partial charge in [-0.25, -0.2) is 4.39 Å². The zero-order chi connectivity index (χ0) is 19.8. The molecule has 5 heteroatoms. The molecule has 1 amide bonds. The van der Waals surface area contributed by atoms with Crippen LogP contribution in [0, 0.1) is 5.82 Å². The molecule has 144 valence electrons. The minimum Gasteiger partial charge on any atom is -0.355 e. The molecule has 0 aliphatic heterocycles. The normalized spacial score (nSPS) is 11.8. The Labute approximate surface area is 174 Å². The number of carbonyl (C=O) groups is 1. The summed E-state index contributed by atoms with van der Waals surface area (Å²) in [7, 11) is 0. The van der Waals surface area contributed by atoms with Gasteiger partial charge in [0, 0.05) is 11.6 Å². The van der Waals surface area contributed by atoms with Crippen molar-refractivity contribution in [3.63, 3.8) is 0 Å². The van der Waals surface area contributed by atoms with Gasteiger partial charge in [-0.15, -0.1) is 11.8 Å². The predicted octanol–water partition coefficient (Wildman–Crippen LogP) is 5.66. The van der Waals surface area contributed by atoms with Crippen molar-refractivity contribution in [1.29, 1.82) is 0 Å². The molecule has 0 fully saturated rings. The summed E-state index contributed by atoms with van der Waals surface area (Å²) in [4.78, 5) is 12.3. The van der Waals surface area contributed by atoms with Crippen molar-refractivity contribution in [3.05, 3.63) is 106 Å². The van der Waals surface area contributed by atoms with E-state index in [0.717, 1.165) is 16.7 Å². The minimum absolute atomic E-state index is 0.0120. The van der Waals surface area contributed by atoms with Crippen molar-refractivity contribution in [2.45, 2.75) is 11.7 Å². The predicted molar refractivity (Wildman–Crippen MR) is 115 cm³/mol. The summed E-state index contributed by atoms with van der Waals surface area (Å²) >= 11 is 7.60. The number of halogens is 2. The van der Waals surface area contributed by atoms with Crippen LogP contribution >= 0.6 is 23.4 Å². The summed E-state index contributed by atoms with van der Waals surface area (Å²) in [5.74, 6) is 0.0892. The van der Waals surface area contributed by atoms with Crippen molar-refractivity contribution >= 4 is 29.3 Å². The Hall–Kier alpha value is -2.30. The third-order valence-electron chi connectivity index (χ3n) is 4.31. The molecular formula is C23H21ClFNOS. The molecular weight excluding hydrogens is 393 g/mol. The topological polar surface area (TPSA) is 29.1 Å². The number of nitrogens with one attached hydrogen (secondary N) is 1. The van der Waals surface area contributed by atoms with Gasteiger partial charge in [-0.3, -0.25) is 4.79 Å². The highest BCUT2D eigenvalue weighted by Gasteiger charge is 2.16. The molecule has 2 nitrogen and oxygen atoms in total. The van der Waals surface area contributed by atoms with E-state index in [0.29, 0.717) is 23.7 Å². The highest BCUT2D eigenvalue weighted by atomic mass is 35.5. The van der Waals surface area contributed by atoms with Crippen LogP contribution in [0.25, 0.3) is 0 Å². The van der Waals surface area contributed by atoms with Crippen LogP contribution in [-0.2, 0) is 11.2 Å². The SMILES string of the molecule is O=C(CS[C@H](c1ccccc1)c1ccc(Cl)cc1)NCCc1ccc(F)cc1. The highest BCUT2D eigenvalue weighted by Crippen LogP contribution is 2.35. The maximum atomic E-state index is 12.9. The van der Waals surface area contributed by atoms with Crippen LogP contribution in [-0.4, -0.2) is 18.2 Å². The summed E-state index contributed by atoms with van der Waals surface area (Å²) in [5, 5.41) is 3.69. The quantitative estimate of drug-likeness (QED) is 0.516. The highest BCUT2D eigenvalue weighted by molar-refractivity contribution is 8.00. The molecule has 0 spiro atoms. The van der Waals surface area contributed by atoms with Gasteiger partial charge in [0.2, 0.25) is 5.91 Å². The fourth-order valence-electron chi connectivity index (χ4n) is 2.86. The molecule has 0 unspecified atom stereocenters. The van der Waals surface area contributed by atoms with Crippen molar-refractivity contribution in [3.8, 4) is 0 Å². The Morgan fingerprint density at radius 1 is 0.929 bits per heavy atom. The molecule has 0 aliphatic carbocycles. The van der Waals surface area contributed by atoms with E-state index in [1.54, 1.807) is 23.9 Å². The van der Waals surface area contributed by atoms with Crippen LogP contribution in [0.2, 0.25) is 5.02 Å². The summed E-state index contributed by atoms with van der Waals surface area (Å²) in [6.07, 6.45) is 0.677. The molecule has 3 aromatic carbocycles. The van der Waals surface area contributed by atoms with E-state index < -0.39 is 0 Å². The first-order valence-electron chi connectivity index (χ1n) is 9.05. The zero-order valence-electron chi connectivity index (χ0n) is 15.3. The summed E-state index contributed by atoms with van der Waals surface area (Å²) in [5.41, 5.74) is 3.26. The maximum Gasteiger partial charge on any atom is 0.230 e. The molecule has 0 bridgehead atoms. The number of carbonyl (C=O) groups excluding carboxylic acids is 1. The van der Waals surface area contributed by atoms with Crippen molar-refractivity contribution < 1.29 is 9.18 Å². The van der Waals surface area contributed by atoms with E-state index >= 15 is 0 Å². The molecule has 0 radical (unpaired) electrons. The molecule has 0 aromatic heterocycles. The van der Waals surface area contributed by atoms with Gasteiger partial charge in [-0.2, -0.15) is 0 Å². The Bertz CT molecular complexity index is 885. The first-order chi connectivity index (χ1) is 13.6. The first kappa shape index (κ1) is 20.4. The molecule has 0 saturated carbocycles. The van der Waals surface area contributed by atoms with Crippen molar-refractivity contribution in [2.75, 3.05) is 12.3 Å². The number of hydrogen-bond acceptors (Lipinski definition) is 2. The van der Waals surface area contributed by atoms with E-state index in [1.807, 2.05) is 42.5 Å². The molecule has 1 atom stereocenters. The van der Waals surface area contributed by atoms with Gasteiger partial charge in [0.15, 0.2) is 0 Å². The maximum absolute atomic E-state index is 12.9. The Morgan fingerprint density at radius 3 is 2.25 bits per heavy atom. The molecule has 0 heterocycles. The van der Waals surface area contributed by atoms with Gasteiger partial charge >= 0.3 is 0 Å². The number of thioether (sulfide) groups is 1. The van der Waals surface area contributed by atoms with E-state index in [4.69, 9.17) is 11.6 Å². The lowest BCUT2D eigenvalue weighted by Crippen LogP contribution is -2.27. The average Bonchev–Trinajstić information content (AvgIpc) is 2.72. The first-order valence-corrected chi connectivity index (χ1v) is 10.5. The summed E-state index contributed by atoms with van der Waals surface area (Å²) in [6, 6.07) is 24.2. The van der Waals surface area contributed by atoms with Gasteiger partial charge in [0.05, 0.1) is 11.0 Å². The molecule has 1 N–H and O–H groups in total. The van der Waals surface area contributed by atoms with Gasteiger partial charge in [0.25, 0.3) is 0 Å². The van der Waals surface area contributed by atoms with E-state index in [-0.39, 0.29) is 17.0 Å². The van der Waals surface area contributed by atoms with Crippen LogP contribution in [0.4, 0.5) is 4.39 Å². The van der Waals surface area contributed by atoms with Gasteiger partial charge < -0.3 is 5.32 Å². The lowest BCUT2D eigenvalue weighted by atomic mass is 10.0. The van der Waals surface area contributed by atoms with Crippen LogP contribution in [0.1, 0.15) is 21.9 Å². The smallest absolute Gasteiger partial charge is 0.230 e. The van der Waals surface area contributed by atoms with E-state index in [2.05, 4.69) is 17.4 Å². The molecule has 0 saturated heterocycles.